The van der Waals surface area contributed by atoms with Gasteiger partial charge in [0.25, 0.3) is 11.8 Å². The molecule has 3 N–H and O–H groups in total. The minimum atomic E-state index is -0.364. The zero-order valence-electron chi connectivity index (χ0n) is 19.2. The van der Waals surface area contributed by atoms with Crippen LogP contribution in [0.25, 0.3) is 22.8 Å². The van der Waals surface area contributed by atoms with Gasteiger partial charge in [-0.15, -0.1) is 5.10 Å². The molecule has 0 atom stereocenters. The van der Waals surface area contributed by atoms with Crippen molar-refractivity contribution in [3.05, 3.63) is 88.8 Å². The minimum Gasteiger partial charge on any atom is -0.358 e. The smallest absolute Gasteiger partial charge is 0.256 e. The highest BCUT2D eigenvalue weighted by Gasteiger charge is 2.29. The second kappa shape index (κ2) is 9.02. The number of aryl methyl sites for hydroxylation is 1. The van der Waals surface area contributed by atoms with Crippen molar-refractivity contribution in [1.29, 1.82) is 0 Å². The molecule has 0 saturated carbocycles. The molecule has 1 aliphatic rings. The van der Waals surface area contributed by atoms with Crippen molar-refractivity contribution in [2.75, 3.05) is 11.9 Å². The Kier molecular flexibility index (Phi) is 5.74. The average Bonchev–Trinajstić information content (AvgIpc) is 3.53. The SMILES string of the molecule is Cc1[nH]c(/C=C2\C(=O)Nc3cccc(-c4ccccc4F)c32)c(C)c1C(=O)NCCn1ccnn1. The molecule has 2 aromatic heterocycles. The molecule has 0 fully saturated rings. The Morgan fingerprint density at radius 2 is 1.94 bits per heavy atom. The molecule has 176 valence electrons. The lowest BCUT2D eigenvalue weighted by atomic mass is 9.94. The number of benzene rings is 2. The van der Waals surface area contributed by atoms with Crippen LogP contribution >= 0.6 is 0 Å². The summed E-state index contributed by atoms with van der Waals surface area (Å²) in [4.78, 5) is 29.0. The van der Waals surface area contributed by atoms with Gasteiger partial charge in [0, 0.05) is 40.9 Å². The minimum absolute atomic E-state index is 0.218. The summed E-state index contributed by atoms with van der Waals surface area (Å²) in [6.07, 6.45) is 5.03. The number of rotatable bonds is 6. The van der Waals surface area contributed by atoms with Crippen LogP contribution in [-0.4, -0.2) is 38.3 Å². The van der Waals surface area contributed by atoms with Crippen LogP contribution in [0.15, 0.2) is 54.9 Å². The number of nitrogens with zero attached hydrogens (tertiary/aromatic N) is 3. The van der Waals surface area contributed by atoms with Crippen LogP contribution in [0.4, 0.5) is 10.1 Å². The zero-order valence-corrected chi connectivity index (χ0v) is 19.2. The summed E-state index contributed by atoms with van der Waals surface area (Å²) in [6, 6.07) is 11.9. The van der Waals surface area contributed by atoms with E-state index >= 15 is 0 Å². The number of halogens is 1. The van der Waals surface area contributed by atoms with Crippen LogP contribution in [-0.2, 0) is 11.3 Å². The summed E-state index contributed by atoms with van der Waals surface area (Å²) >= 11 is 0. The monoisotopic (exact) mass is 470 g/mol. The van der Waals surface area contributed by atoms with Crippen molar-refractivity contribution < 1.29 is 14.0 Å². The summed E-state index contributed by atoms with van der Waals surface area (Å²) in [7, 11) is 0. The van der Waals surface area contributed by atoms with Crippen molar-refractivity contribution in [3.63, 3.8) is 0 Å². The Morgan fingerprint density at radius 3 is 2.71 bits per heavy atom. The molecule has 1 aliphatic heterocycles. The second-order valence-corrected chi connectivity index (χ2v) is 8.31. The van der Waals surface area contributed by atoms with Gasteiger partial charge < -0.3 is 15.6 Å². The number of fused-ring (bicyclic) bond motifs is 1. The highest BCUT2D eigenvalue weighted by molar-refractivity contribution is 6.36. The van der Waals surface area contributed by atoms with Gasteiger partial charge in [0.15, 0.2) is 0 Å². The van der Waals surface area contributed by atoms with Crippen LogP contribution in [0.2, 0.25) is 0 Å². The van der Waals surface area contributed by atoms with Crippen molar-refractivity contribution in [2.45, 2.75) is 20.4 Å². The predicted octanol–water partition coefficient (Wildman–Crippen LogP) is 3.95. The van der Waals surface area contributed by atoms with E-state index in [0.717, 1.165) is 5.56 Å². The van der Waals surface area contributed by atoms with Gasteiger partial charge in [0.05, 0.1) is 23.9 Å². The summed E-state index contributed by atoms with van der Waals surface area (Å²) in [5, 5.41) is 13.4. The summed E-state index contributed by atoms with van der Waals surface area (Å²) < 4.78 is 16.2. The zero-order chi connectivity index (χ0) is 24.5. The Bertz CT molecular complexity index is 1470. The van der Waals surface area contributed by atoms with Gasteiger partial charge in [-0.2, -0.15) is 0 Å². The number of H-pyrrole nitrogens is 1. The highest BCUT2D eigenvalue weighted by Crippen LogP contribution is 2.41. The molecular weight excluding hydrogens is 447 g/mol. The largest absolute Gasteiger partial charge is 0.358 e. The lowest BCUT2D eigenvalue weighted by Gasteiger charge is -2.09. The number of carbonyl (C=O) groups excluding carboxylic acids is 2. The Labute approximate surface area is 200 Å². The van der Waals surface area contributed by atoms with Crippen LogP contribution in [0.1, 0.15) is 32.9 Å². The van der Waals surface area contributed by atoms with E-state index in [1.807, 2.05) is 13.8 Å². The molecule has 9 heteroatoms. The third-order valence-corrected chi connectivity index (χ3v) is 6.08. The van der Waals surface area contributed by atoms with Gasteiger partial charge in [0.1, 0.15) is 5.82 Å². The van der Waals surface area contributed by atoms with Crippen molar-refractivity contribution in [2.24, 2.45) is 0 Å². The Balaban J connectivity index is 1.48. The van der Waals surface area contributed by atoms with Crippen molar-refractivity contribution in [1.82, 2.24) is 25.3 Å². The molecular formula is C26H23FN6O2. The van der Waals surface area contributed by atoms with E-state index in [-0.39, 0.29) is 17.6 Å². The Hall–Kier alpha value is -4.53. The number of amides is 2. The number of aromatic amines is 1. The number of hydrogen-bond acceptors (Lipinski definition) is 4. The maximum atomic E-state index is 14.6. The molecule has 0 bridgehead atoms. The van der Waals surface area contributed by atoms with E-state index in [1.54, 1.807) is 59.5 Å². The first-order valence-electron chi connectivity index (χ1n) is 11.2. The third kappa shape index (κ3) is 4.12. The molecule has 0 saturated heterocycles. The molecule has 3 heterocycles. The number of aromatic nitrogens is 4. The van der Waals surface area contributed by atoms with E-state index in [0.29, 0.717) is 58.0 Å². The standard InChI is InChI=1S/C26H23FN6O2/c1-15-22(30-16(2)23(15)26(35)28-10-12-33-13-11-29-32-33)14-19-24-18(17-6-3-4-8-20(17)27)7-5-9-21(24)31-25(19)34/h3-9,11,13-14,30H,10,12H2,1-2H3,(H,28,35)(H,31,34)/b19-14-. The molecule has 35 heavy (non-hydrogen) atoms. The molecule has 8 nitrogen and oxygen atoms in total. The van der Waals surface area contributed by atoms with Crippen molar-refractivity contribution >= 4 is 29.2 Å². The van der Waals surface area contributed by atoms with Gasteiger partial charge >= 0.3 is 0 Å². The number of carbonyl (C=O) groups is 2. The van der Waals surface area contributed by atoms with E-state index < -0.39 is 0 Å². The van der Waals surface area contributed by atoms with Crippen LogP contribution in [0.5, 0.6) is 0 Å². The lowest BCUT2D eigenvalue weighted by Crippen LogP contribution is -2.28. The molecule has 0 radical (unpaired) electrons. The molecule has 4 aromatic rings. The fourth-order valence-electron chi connectivity index (χ4n) is 4.42. The normalized spacial score (nSPS) is 13.7. The molecule has 0 aliphatic carbocycles. The number of anilines is 1. The summed E-state index contributed by atoms with van der Waals surface area (Å²) in [5.41, 5.74) is 5.27. The fourth-order valence-corrected chi connectivity index (χ4v) is 4.42. The van der Waals surface area contributed by atoms with Gasteiger partial charge in [0.2, 0.25) is 0 Å². The highest BCUT2D eigenvalue weighted by atomic mass is 19.1. The van der Waals surface area contributed by atoms with Crippen LogP contribution < -0.4 is 10.6 Å². The van der Waals surface area contributed by atoms with Gasteiger partial charge in [-0.3, -0.25) is 14.3 Å². The molecule has 5 rings (SSSR count). The Morgan fingerprint density at radius 1 is 1.14 bits per heavy atom. The number of nitrogens with one attached hydrogen (secondary N) is 3. The van der Waals surface area contributed by atoms with E-state index in [4.69, 9.17) is 0 Å². The van der Waals surface area contributed by atoms with E-state index in [9.17, 15) is 14.0 Å². The maximum absolute atomic E-state index is 14.6. The van der Waals surface area contributed by atoms with Crippen molar-refractivity contribution in [3.8, 4) is 11.1 Å². The predicted molar refractivity (Wildman–Crippen MR) is 131 cm³/mol. The average molecular weight is 471 g/mol. The van der Waals surface area contributed by atoms with Crippen LogP contribution in [0, 0.1) is 19.7 Å². The first kappa shape index (κ1) is 22.3. The topological polar surface area (TPSA) is 105 Å². The molecule has 2 amide bonds. The summed E-state index contributed by atoms with van der Waals surface area (Å²) in [6.45, 7) is 4.54. The summed E-state index contributed by atoms with van der Waals surface area (Å²) in [5.74, 6) is -0.866. The first-order chi connectivity index (χ1) is 16.9. The van der Waals surface area contributed by atoms with Gasteiger partial charge in [-0.1, -0.05) is 35.5 Å². The maximum Gasteiger partial charge on any atom is 0.256 e. The molecule has 2 aromatic carbocycles. The lowest BCUT2D eigenvalue weighted by molar-refractivity contribution is -0.110. The van der Waals surface area contributed by atoms with Gasteiger partial charge in [-0.05, 0) is 43.2 Å². The number of hydrogen-bond donors (Lipinski definition) is 3. The molecule has 0 spiro atoms. The molecule has 0 unspecified atom stereocenters. The first-order valence-corrected chi connectivity index (χ1v) is 11.2. The van der Waals surface area contributed by atoms with E-state index in [1.165, 1.54) is 6.07 Å². The quantitative estimate of drug-likeness (QED) is 0.371. The third-order valence-electron chi connectivity index (χ3n) is 6.08. The van der Waals surface area contributed by atoms with E-state index in [2.05, 4.69) is 25.9 Å². The fraction of sp³-hybridized carbons (Fsp3) is 0.154. The van der Waals surface area contributed by atoms with Gasteiger partial charge in [-0.25, -0.2) is 4.39 Å². The van der Waals surface area contributed by atoms with Crippen LogP contribution in [0.3, 0.4) is 0 Å². The second-order valence-electron chi connectivity index (χ2n) is 8.31.